The maximum Gasteiger partial charge on any atom is 0.338 e. The number of aliphatic hydroxyl groups is 3. The van der Waals surface area contributed by atoms with Gasteiger partial charge in [-0.15, -0.1) is 0 Å². The maximum atomic E-state index is 13.6. The van der Waals surface area contributed by atoms with Crippen LogP contribution in [0, 0.1) is 0 Å². The summed E-state index contributed by atoms with van der Waals surface area (Å²) in [6, 6.07) is 25.5. The molecule has 3 aliphatic heterocycles. The van der Waals surface area contributed by atoms with E-state index in [0.29, 0.717) is 0 Å². The van der Waals surface area contributed by atoms with Crippen molar-refractivity contribution in [2.24, 2.45) is 0 Å². The minimum Gasteiger partial charge on any atom is -0.452 e. The van der Waals surface area contributed by atoms with Crippen LogP contribution in [-0.4, -0.2) is 108 Å². The van der Waals surface area contributed by atoms with E-state index >= 15 is 0 Å². The molecule has 0 unspecified atom stereocenters. The molecule has 262 valence electrons. The van der Waals surface area contributed by atoms with Crippen molar-refractivity contribution in [1.29, 1.82) is 0 Å². The van der Waals surface area contributed by atoms with Gasteiger partial charge in [-0.1, -0.05) is 66.7 Å². The zero-order chi connectivity index (χ0) is 34.5. The number of rotatable bonds is 11. The molecule has 3 heterocycles. The summed E-state index contributed by atoms with van der Waals surface area (Å²) in [5.41, 5.74) is 1.18. The van der Waals surface area contributed by atoms with E-state index < -0.39 is 92.4 Å². The molecule has 13 heteroatoms. The van der Waals surface area contributed by atoms with Crippen molar-refractivity contribution in [3.05, 3.63) is 108 Å². The predicted octanol–water partition coefficient (Wildman–Crippen LogP) is 2.35. The molecule has 3 aromatic rings. The van der Waals surface area contributed by atoms with Crippen molar-refractivity contribution in [2.45, 2.75) is 87.7 Å². The van der Waals surface area contributed by atoms with Crippen LogP contribution in [0.5, 0.6) is 0 Å². The zero-order valence-corrected chi connectivity index (χ0v) is 27.0. The Morgan fingerprint density at radius 3 is 1.76 bits per heavy atom. The van der Waals surface area contributed by atoms with Crippen LogP contribution < -0.4 is 0 Å². The number of carbonyl (C=O) groups excluding carboxylic acids is 2. The summed E-state index contributed by atoms with van der Waals surface area (Å²) in [5, 5.41) is 32.1. The average Bonchev–Trinajstić information content (AvgIpc) is 3.46. The molecule has 0 bridgehead atoms. The highest BCUT2D eigenvalue weighted by Crippen LogP contribution is 2.39. The second kappa shape index (κ2) is 15.4. The summed E-state index contributed by atoms with van der Waals surface area (Å²) in [6.45, 7) is 2.21. The van der Waals surface area contributed by atoms with Gasteiger partial charge >= 0.3 is 11.9 Å². The van der Waals surface area contributed by atoms with E-state index in [2.05, 4.69) is 0 Å². The van der Waals surface area contributed by atoms with Crippen LogP contribution in [0.2, 0.25) is 0 Å². The lowest BCUT2D eigenvalue weighted by Gasteiger charge is -2.47. The molecule has 0 spiro atoms. The average molecular weight is 681 g/mol. The minimum absolute atomic E-state index is 0.0206. The van der Waals surface area contributed by atoms with Gasteiger partial charge in [-0.25, -0.2) is 9.59 Å². The predicted molar refractivity (Wildman–Crippen MR) is 169 cm³/mol. The van der Waals surface area contributed by atoms with Crippen LogP contribution in [0.25, 0.3) is 0 Å². The van der Waals surface area contributed by atoms with E-state index in [9.17, 15) is 24.9 Å². The lowest BCUT2D eigenvalue weighted by Crippen LogP contribution is -2.65. The molecule has 3 fully saturated rings. The van der Waals surface area contributed by atoms with Gasteiger partial charge in [0.15, 0.2) is 30.6 Å². The van der Waals surface area contributed by atoms with Crippen LogP contribution in [0.4, 0.5) is 0 Å². The van der Waals surface area contributed by atoms with Crippen LogP contribution in [0.3, 0.4) is 0 Å². The molecule has 3 aliphatic rings. The third-order valence-electron chi connectivity index (χ3n) is 8.46. The Bertz CT molecular complexity index is 1520. The zero-order valence-electron chi connectivity index (χ0n) is 27.0. The molecule has 3 N–H and O–H groups in total. The molecule has 13 nitrogen and oxygen atoms in total. The molecule has 3 saturated heterocycles. The smallest absolute Gasteiger partial charge is 0.338 e. The topological polar surface area (TPSA) is 169 Å². The Labute approximate surface area is 283 Å². The molecule has 0 aromatic heterocycles. The van der Waals surface area contributed by atoms with Crippen molar-refractivity contribution in [3.63, 3.8) is 0 Å². The SMILES string of the molecule is CC1(C)O[C@@H]2[C@@H](O)[C@H](O[C@H]3[C@H](OC(=O)c4ccccc4)[C@@H](OC(=O)c4ccccc4)[C@H](OCc4ccccc4)O[C@@H]3CO)O[C@H](CO)[C@@H]2O1. The summed E-state index contributed by atoms with van der Waals surface area (Å²) >= 11 is 0. The summed E-state index contributed by atoms with van der Waals surface area (Å²) in [4.78, 5) is 27.1. The Hall–Kier alpha value is -3.76. The van der Waals surface area contributed by atoms with Gasteiger partial charge in [0.2, 0.25) is 0 Å². The monoisotopic (exact) mass is 680 g/mol. The minimum atomic E-state index is -1.48. The largest absolute Gasteiger partial charge is 0.452 e. The van der Waals surface area contributed by atoms with Gasteiger partial charge in [-0.2, -0.15) is 0 Å². The molecule has 6 rings (SSSR count). The van der Waals surface area contributed by atoms with Crippen LogP contribution in [0.1, 0.15) is 40.1 Å². The fourth-order valence-corrected chi connectivity index (χ4v) is 6.14. The molecule has 49 heavy (non-hydrogen) atoms. The summed E-state index contributed by atoms with van der Waals surface area (Å²) in [5.74, 6) is -2.63. The Balaban J connectivity index is 1.35. The van der Waals surface area contributed by atoms with Crippen LogP contribution >= 0.6 is 0 Å². The molecular formula is C36H40O13. The Morgan fingerprint density at radius 2 is 1.18 bits per heavy atom. The summed E-state index contributed by atoms with van der Waals surface area (Å²) in [7, 11) is 0. The van der Waals surface area contributed by atoms with E-state index in [1.165, 1.54) is 0 Å². The van der Waals surface area contributed by atoms with Crippen molar-refractivity contribution < 1.29 is 62.8 Å². The van der Waals surface area contributed by atoms with E-state index in [4.69, 9.17) is 37.9 Å². The van der Waals surface area contributed by atoms with Gasteiger partial charge in [0.1, 0.15) is 36.6 Å². The molecule has 0 amide bonds. The first-order valence-electron chi connectivity index (χ1n) is 16.1. The summed E-state index contributed by atoms with van der Waals surface area (Å²) in [6.07, 6.45) is -12.5. The third-order valence-corrected chi connectivity index (χ3v) is 8.46. The van der Waals surface area contributed by atoms with Gasteiger partial charge in [-0.3, -0.25) is 0 Å². The quantitative estimate of drug-likeness (QED) is 0.253. The molecule has 10 atom stereocenters. The molecule has 0 radical (unpaired) electrons. The van der Waals surface area contributed by atoms with Crippen molar-refractivity contribution >= 4 is 11.9 Å². The lowest BCUT2D eigenvalue weighted by atomic mass is 9.96. The van der Waals surface area contributed by atoms with Crippen molar-refractivity contribution in [3.8, 4) is 0 Å². The van der Waals surface area contributed by atoms with Crippen molar-refractivity contribution in [2.75, 3.05) is 13.2 Å². The molecule has 3 aromatic carbocycles. The van der Waals surface area contributed by atoms with Gasteiger partial charge in [0.05, 0.1) is 30.9 Å². The standard InChI is InChI=1S/C36H40O13/c1-36(2)48-28-25(19-38)43-34(26(39)29(28)49-36)47-27-24(18-37)44-35(42-20-21-12-6-3-7-13-21)31(46-33(41)23-16-10-5-11-17-23)30(27)45-32(40)22-14-8-4-9-15-22/h3-17,24-31,34-35,37-39H,18-20H2,1-2H3/t24-,25-,26-,27-,28+,29-,30+,31-,34+,35-/m1/s1. The lowest BCUT2D eigenvalue weighted by molar-refractivity contribution is -0.353. The molecule has 0 aliphatic carbocycles. The first-order chi connectivity index (χ1) is 23.7. The fraction of sp³-hybridized carbons (Fsp3) is 0.444. The van der Waals surface area contributed by atoms with Crippen molar-refractivity contribution in [1.82, 2.24) is 0 Å². The number of benzene rings is 3. The Morgan fingerprint density at radius 1 is 0.673 bits per heavy atom. The second-order valence-corrected chi connectivity index (χ2v) is 12.4. The first-order valence-corrected chi connectivity index (χ1v) is 16.1. The van der Waals surface area contributed by atoms with E-state index in [0.717, 1.165) is 5.56 Å². The highest BCUT2D eigenvalue weighted by molar-refractivity contribution is 5.90. The van der Waals surface area contributed by atoms with Crippen LogP contribution in [-0.2, 0) is 44.5 Å². The number of aliphatic hydroxyl groups excluding tert-OH is 3. The van der Waals surface area contributed by atoms with Gasteiger partial charge < -0.3 is 53.2 Å². The first kappa shape index (κ1) is 35.1. The number of hydrogen-bond acceptors (Lipinski definition) is 13. The van der Waals surface area contributed by atoms with Crippen LogP contribution in [0.15, 0.2) is 91.0 Å². The molecular weight excluding hydrogens is 640 g/mol. The molecule has 0 saturated carbocycles. The number of ether oxygens (including phenoxy) is 8. The second-order valence-electron chi connectivity index (χ2n) is 12.4. The van der Waals surface area contributed by atoms with Gasteiger partial charge in [0, 0.05) is 0 Å². The normalized spacial score (nSPS) is 32.2. The number of carbonyl (C=O) groups is 2. The number of hydrogen-bond donors (Lipinski definition) is 3. The van der Waals surface area contributed by atoms with E-state index in [-0.39, 0.29) is 17.7 Å². The maximum absolute atomic E-state index is 13.6. The summed E-state index contributed by atoms with van der Waals surface area (Å²) < 4.78 is 48.4. The number of fused-ring (bicyclic) bond motifs is 1. The van der Waals surface area contributed by atoms with E-state index in [1.807, 2.05) is 30.3 Å². The van der Waals surface area contributed by atoms with E-state index in [1.54, 1.807) is 74.5 Å². The van der Waals surface area contributed by atoms with Gasteiger partial charge in [-0.05, 0) is 43.7 Å². The van der Waals surface area contributed by atoms with Gasteiger partial charge in [0.25, 0.3) is 0 Å². The highest BCUT2D eigenvalue weighted by Gasteiger charge is 2.58. The highest BCUT2D eigenvalue weighted by atomic mass is 16.8. The number of esters is 2. The Kier molecular flexibility index (Phi) is 11.0. The fourth-order valence-electron chi connectivity index (χ4n) is 6.14. The third kappa shape index (κ3) is 8.01.